The van der Waals surface area contributed by atoms with Gasteiger partial charge in [0.1, 0.15) is 5.52 Å². The number of hydrogen-bond donors (Lipinski definition) is 1. The predicted octanol–water partition coefficient (Wildman–Crippen LogP) is 5.63. The number of rotatable bonds is 5. The van der Waals surface area contributed by atoms with Gasteiger partial charge < -0.3 is 14.6 Å². The summed E-state index contributed by atoms with van der Waals surface area (Å²) in [5, 5.41) is 13.0. The van der Waals surface area contributed by atoms with Crippen molar-refractivity contribution in [2.24, 2.45) is 5.92 Å². The van der Waals surface area contributed by atoms with E-state index in [0.29, 0.717) is 33.6 Å². The van der Waals surface area contributed by atoms with Crippen LogP contribution in [0.4, 0.5) is 11.7 Å². The molecule has 7 nitrogen and oxygen atoms in total. The number of benzene rings is 2. The minimum Gasteiger partial charge on any atom is -0.423 e. The smallest absolute Gasteiger partial charge is 0.300 e. The number of oxazole rings is 1. The number of piperazine rings is 1. The lowest BCUT2D eigenvalue weighted by Gasteiger charge is -2.41. The predicted molar refractivity (Wildman–Crippen MR) is 137 cm³/mol. The van der Waals surface area contributed by atoms with Gasteiger partial charge in [0.2, 0.25) is 5.91 Å². The van der Waals surface area contributed by atoms with E-state index in [2.05, 4.69) is 40.0 Å². The Morgan fingerprint density at radius 2 is 2.06 bits per heavy atom. The zero-order chi connectivity index (χ0) is 24.5. The fourth-order valence-electron chi connectivity index (χ4n) is 5.35. The van der Waals surface area contributed by atoms with Crippen molar-refractivity contribution in [2.75, 3.05) is 25.0 Å². The van der Waals surface area contributed by atoms with Gasteiger partial charge in [-0.25, -0.2) is 0 Å². The van der Waals surface area contributed by atoms with Gasteiger partial charge in [-0.3, -0.25) is 9.69 Å². The Kier molecular flexibility index (Phi) is 6.68. The largest absolute Gasteiger partial charge is 0.423 e. The van der Waals surface area contributed by atoms with E-state index in [0.717, 1.165) is 55.8 Å². The SMILES string of the molecule is Cc1c(CN2CCN(C(=O)C3CCCC3)[C@@H](C)C2)cc(Cl)cc1Nc1nc2cc(C#N)ccc2o1. The molecule has 1 N–H and O–H groups in total. The molecule has 1 amide bonds. The number of nitrogens with zero attached hydrogens (tertiary/aromatic N) is 4. The number of amides is 1. The molecule has 0 spiro atoms. The number of anilines is 2. The molecular formula is C27H30ClN5O2. The molecule has 3 aromatic rings. The van der Waals surface area contributed by atoms with Crippen molar-refractivity contribution in [3.63, 3.8) is 0 Å². The highest BCUT2D eigenvalue weighted by atomic mass is 35.5. The van der Waals surface area contributed by atoms with Crippen LogP contribution < -0.4 is 5.32 Å². The van der Waals surface area contributed by atoms with Crippen molar-refractivity contribution in [2.45, 2.75) is 52.1 Å². The fourth-order valence-corrected chi connectivity index (χ4v) is 5.59. The van der Waals surface area contributed by atoms with Crippen molar-refractivity contribution in [1.29, 1.82) is 5.26 Å². The molecule has 1 atom stereocenters. The van der Waals surface area contributed by atoms with Gasteiger partial charge in [0.25, 0.3) is 6.01 Å². The highest BCUT2D eigenvalue weighted by molar-refractivity contribution is 6.31. The fraction of sp³-hybridized carbons (Fsp3) is 0.444. The normalized spacial score (nSPS) is 19.3. The van der Waals surface area contributed by atoms with Gasteiger partial charge in [-0.2, -0.15) is 10.2 Å². The van der Waals surface area contributed by atoms with Gasteiger partial charge in [-0.1, -0.05) is 24.4 Å². The zero-order valence-corrected chi connectivity index (χ0v) is 20.9. The quantitative estimate of drug-likeness (QED) is 0.498. The number of nitriles is 1. The molecule has 1 saturated carbocycles. The summed E-state index contributed by atoms with van der Waals surface area (Å²) in [5.41, 5.74) is 4.83. The van der Waals surface area contributed by atoms with E-state index < -0.39 is 0 Å². The van der Waals surface area contributed by atoms with Crippen LogP contribution in [0, 0.1) is 24.2 Å². The van der Waals surface area contributed by atoms with Crippen LogP contribution in [0.3, 0.4) is 0 Å². The maximum atomic E-state index is 12.9. The Morgan fingerprint density at radius 3 is 2.80 bits per heavy atom. The minimum absolute atomic E-state index is 0.201. The second-order valence-electron chi connectivity index (χ2n) is 9.77. The monoisotopic (exact) mass is 491 g/mol. The third kappa shape index (κ3) is 5.00. The Labute approximate surface area is 210 Å². The summed E-state index contributed by atoms with van der Waals surface area (Å²) < 4.78 is 5.82. The first-order chi connectivity index (χ1) is 16.9. The highest BCUT2D eigenvalue weighted by Gasteiger charge is 2.33. The number of carbonyl (C=O) groups is 1. The van der Waals surface area contributed by atoms with E-state index >= 15 is 0 Å². The Balaban J connectivity index is 1.29. The molecule has 2 fully saturated rings. The molecule has 2 aromatic carbocycles. The van der Waals surface area contributed by atoms with Crippen LogP contribution in [-0.4, -0.2) is 46.4 Å². The first-order valence-corrected chi connectivity index (χ1v) is 12.7. The first-order valence-electron chi connectivity index (χ1n) is 12.3. The molecule has 1 saturated heterocycles. The maximum absolute atomic E-state index is 12.9. The molecule has 2 heterocycles. The molecule has 1 aliphatic heterocycles. The molecule has 0 bridgehead atoms. The molecule has 8 heteroatoms. The highest BCUT2D eigenvalue weighted by Crippen LogP contribution is 2.31. The van der Waals surface area contributed by atoms with Crippen LogP contribution in [0.2, 0.25) is 5.02 Å². The molecule has 0 unspecified atom stereocenters. The van der Waals surface area contributed by atoms with Crippen molar-refractivity contribution in [3.05, 3.63) is 52.0 Å². The van der Waals surface area contributed by atoms with E-state index in [9.17, 15) is 4.79 Å². The van der Waals surface area contributed by atoms with Gasteiger partial charge in [-0.15, -0.1) is 0 Å². The second kappa shape index (κ2) is 9.88. The number of carbonyl (C=O) groups excluding carboxylic acids is 1. The molecule has 0 radical (unpaired) electrons. The molecule has 5 rings (SSSR count). The van der Waals surface area contributed by atoms with Crippen molar-refractivity contribution in [1.82, 2.24) is 14.8 Å². The van der Waals surface area contributed by atoms with E-state index in [1.165, 1.54) is 12.8 Å². The summed E-state index contributed by atoms with van der Waals surface area (Å²) in [6.07, 6.45) is 4.45. The lowest BCUT2D eigenvalue weighted by atomic mass is 10.0. The first kappa shape index (κ1) is 23.7. The second-order valence-corrected chi connectivity index (χ2v) is 10.2. The third-order valence-corrected chi connectivity index (χ3v) is 7.55. The lowest BCUT2D eigenvalue weighted by molar-refractivity contribution is -0.140. The van der Waals surface area contributed by atoms with E-state index in [-0.39, 0.29) is 12.0 Å². The zero-order valence-electron chi connectivity index (χ0n) is 20.2. The lowest BCUT2D eigenvalue weighted by Crippen LogP contribution is -2.54. The van der Waals surface area contributed by atoms with Gasteiger partial charge >= 0.3 is 0 Å². The Bertz CT molecular complexity index is 1290. The molecule has 35 heavy (non-hydrogen) atoms. The van der Waals surface area contributed by atoms with Crippen LogP contribution >= 0.6 is 11.6 Å². The van der Waals surface area contributed by atoms with Crippen LogP contribution in [0.25, 0.3) is 11.1 Å². The number of fused-ring (bicyclic) bond motifs is 1. The number of halogens is 1. The summed E-state index contributed by atoms with van der Waals surface area (Å²) in [6, 6.07) is 11.7. The Hall–Kier alpha value is -3.08. The summed E-state index contributed by atoms with van der Waals surface area (Å²) in [7, 11) is 0. The van der Waals surface area contributed by atoms with Gasteiger partial charge in [0.15, 0.2) is 5.58 Å². The van der Waals surface area contributed by atoms with Crippen LogP contribution in [0.15, 0.2) is 34.7 Å². The van der Waals surface area contributed by atoms with Gasteiger partial charge in [0, 0.05) is 48.8 Å². The number of aromatic nitrogens is 1. The van der Waals surface area contributed by atoms with Crippen molar-refractivity contribution < 1.29 is 9.21 Å². The minimum atomic E-state index is 0.201. The molecule has 2 aliphatic rings. The number of nitrogens with one attached hydrogen (secondary N) is 1. The van der Waals surface area contributed by atoms with Crippen molar-refractivity contribution in [3.8, 4) is 6.07 Å². The van der Waals surface area contributed by atoms with Crippen LogP contribution in [-0.2, 0) is 11.3 Å². The van der Waals surface area contributed by atoms with Crippen LogP contribution in [0.1, 0.15) is 49.3 Å². The van der Waals surface area contributed by atoms with Gasteiger partial charge in [-0.05, 0) is 68.1 Å². The summed E-state index contributed by atoms with van der Waals surface area (Å²) >= 11 is 6.49. The molecule has 1 aliphatic carbocycles. The third-order valence-electron chi connectivity index (χ3n) is 7.33. The summed E-state index contributed by atoms with van der Waals surface area (Å²) in [4.78, 5) is 21.9. The van der Waals surface area contributed by atoms with Crippen LogP contribution in [0.5, 0.6) is 0 Å². The van der Waals surface area contributed by atoms with E-state index in [1.54, 1.807) is 18.2 Å². The van der Waals surface area contributed by atoms with Gasteiger partial charge in [0.05, 0.1) is 11.6 Å². The number of hydrogen-bond acceptors (Lipinski definition) is 6. The average Bonchev–Trinajstić information content (AvgIpc) is 3.51. The summed E-state index contributed by atoms with van der Waals surface area (Å²) in [6.45, 7) is 7.45. The molecule has 182 valence electrons. The molecule has 1 aromatic heterocycles. The maximum Gasteiger partial charge on any atom is 0.300 e. The topological polar surface area (TPSA) is 85.4 Å². The van der Waals surface area contributed by atoms with Crippen molar-refractivity contribution >= 4 is 40.3 Å². The van der Waals surface area contributed by atoms with E-state index in [4.69, 9.17) is 21.3 Å². The average molecular weight is 492 g/mol. The standard InChI is InChI=1S/C27H30ClN5O2/c1-17-15-32(9-10-33(17)26(34)20-5-3-4-6-20)16-21-12-22(28)13-23(18(21)2)30-27-31-24-11-19(14-29)7-8-25(24)35-27/h7-8,11-13,17,20H,3-6,9-10,15-16H2,1-2H3,(H,30,31)/t17-/m0/s1. The summed E-state index contributed by atoms with van der Waals surface area (Å²) in [5.74, 6) is 0.575. The Morgan fingerprint density at radius 1 is 1.26 bits per heavy atom. The van der Waals surface area contributed by atoms with E-state index in [1.807, 2.05) is 12.1 Å². The molecular weight excluding hydrogens is 462 g/mol.